The summed E-state index contributed by atoms with van der Waals surface area (Å²) in [6, 6.07) is 4.54. The Hall–Kier alpha value is -2.08. The summed E-state index contributed by atoms with van der Waals surface area (Å²) in [5.41, 5.74) is 0.818. The summed E-state index contributed by atoms with van der Waals surface area (Å²) in [5.74, 6) is 0.680. The fraction of sp³-hybridized carbons (Fsp3) is 0.333. The largest absolute Gasteiger partial charge is 0.508 e. The fourth-order valence-corrected chi connectivity index (χ4v) is 1.69. The van der Waals surface area contributed by atoms with Crippen LogP contribution in [0, 0.1) is 0 Å². The molecule has 18 heavy (non-hydrogen) atoms. The van der Waals surface area contributed by atoms with Crippen molar-refractivity contribution in [3.05, 3.63) is 36.0 Å². The first-order valence-corrected chi connectivity index (χ1v) is 5.67. The topological polar surface area (TPSA) is 91.4 Å². The molecule has 0 aliphatic heterocycles. The zero-order valence-corrected chi connectivity index (χ0v) is 10.00. The van der Waals surface area contributed by atoms with E-state index in [1.807, 2.05) is 6.92 Å². The number of aromatic nitrogens is 2. The van der Waals surface area contributed by atoms with Crippen LogP contribution in [0.2, 0.25) is 0 Å². The lowest BCUT2D eigenvalue weighted by molar-refractivity contribution is 0.372. The molecule has 6 heteroatoms. The molecule has 0 amide bonds. The van der Waals surface area contributed by atoms with Gasteiger partial charge >= 0.3 is 0 Å². The number of phenolic OH excluding ortho intramolecular Hbond substituents is 2. The van der Waals surface area contributed by atoms with E-state index >= 15 is 0 Å². The minimum Gasteiger partial charge on any atom is -0.508 e. The summed E-state index contributed by atoms with van der Waals surface area (Å²) in [5, 5.41) is 25.6. The average molecular weight is 249 g/mol. The van der Waals surface area contributed by atoms with Crippen LogP contribution in [-0.2, 0) is 6.42 Å². The second-order valence-electron chi connectivity index (χ2n) is 4.04. The van der Waals surface area contributed by atoms with Crippen LogP contribution in [0.15, 0.2) is 29.0 Å². The maximum atomic E-state index is 9.40. The maximum Gasteiger partial charge on any atom is 0.227 e. The van der Waals surface area contributed by atoms with Crippen molar-refractivity contribution >= 4 is 0 Å². The van der Waals surface area contributed by atoms with Gasteiger partial charge < -0.3 is 20.1 Å². The Labute approximate surface area is 104 Å². The van der Waals surface area contributed by atoms with Gasteiger partial charge in [0.25, 0.3) is 0 Å². The van der Waals surface area contributed by atoms with Gasteiger partial charge in [-0.15, -0.1) is 0 Å². The molecule has 2 rings (SSSR count). The van der Waals surface area contributed by atoms with Crippen molar-refractivity contribution in [2.75, 3.05) is 6.54 Å². The molecule has 2 aromatic rings. The van der Waals surface area contributed by atoms with Crippen LogP contribution in [0.3, 0.4) is 0 Å². The quantitative estimate of drug-likeness (QED) is 0.741. The van der Waals surface area contributed by atoms with Gasteiger partial charge in [-0.05, 0) is 24.6 Å². The molecule has 0 bridgehead atoms. The second kappa shape index (κ2) is 5.50. The second-order valence-corrected chi connectivity index (χ2v) is 4.04. The normalized spacial score (nSPS) is 12.5. The van der Waals surface area contributed by atoms with Crippen LogP contribution >= 0.6 is 0 Å². The highest BCUT2D eigenvalue weighted by Gasteiger charge is 2.08. The van der Waals surface area contributed by atoms with Gasteiger partial charge in [0.05, 0.1) is 0 Å². The van der Waals surface area contributed by atoms with Crippen molar-refractivity contribution in [1.29, 1.82) is 0 Å². The first kappa shape index (κ1) is 12.4. The molecular weight excluding hydrogens is 234 g/mol. The van der Waals surface area contributed by atoms with Gasteiger partial charge in [0.2, 0.25) is 5.89 Å². The zero-order valence-electron chi connectivity index (χ0n) is 10.00. The number of rotatable bonds is 5. The van der Waals surface area contributed by atoms with E-state index in [-0.39, 0.29) is 17.5 Å². The number of phenols is 2. The monoisotopic (exact) mass is 249 g/mol. The molecule has 0 radical (unpaired) electrons. The van der Waals surface area contributed by atoms with Gasteiger partial charge in [0.15, 0.2) is 6.33 Å². The number of hydrogen-bond acceptors (Lipinski definition) is 6. The summed E-state index contributed by atoms with van der Waals surface area (Å²) in [4.78, 5) is 3.92. The summed E-state index contributed by atoms with van der Waals surface area (Å²) >= 11 is 0. The van der Waals surface area contributed by atoms with Crippen LogP contribution in [0.4, 0.5) is 0 Å². The number of hydrogen-bond donors (Lipinski definition) is 3. The number of nitrogens with zero attached hydrogens (tertiary/aromatic N) is 2. The van der Waals surface area contributed by atoms with Crippen molar-refractivity contribution < 1.29 is 14.7 Å². The molecule has 0 saturated heterocycles. The van der Waals surface area contributed by atoms with Crippen LogP contribution in [0.25, 0.3) is 0 Å². The van der Waals surface area contributed by atoms with Crippen molar-refractivity contribution in [2.45, 2.75) is 19.4 Å². The lowest BCUT2D eigenvalue weighted by atomic mass is 10.1. The minimum atomic E-state index is 0.00548. The molecule has 6 nitrogen and oxygen atoms in total. The number of nitrogens with one attached hydrogen (secondary N) is 1. The number of benzene rings is 1. The SMILES string of the molecule is CC(NCCc1ncno1)c1cc(O)cc(O)c1. The Bertz CT molecular complexity index is 479. The van der Waals surface area contributed by atoms with Crippen molar-refractivity contribution in [3.8, 4) is 11.5 Å². The first-order valence-electron chi connectivity index (χ1n) is 5.67. The lowest BCUT2D eigenvalue weighted by Gasteiger charge is -2.14. The molecule has 0 fully saturated rings. The lowest BCUT2D eigenvalue weighted by Crippen LogP contribution is -2.21. The third-order valence-electron chi connectivity index (χ3n) is 2.62. The van der Waals surface area contributed by atoms with Gasteiger partial charge in [-0.3, -0.25) is 0 Å². The molecule has 0 aliphatic carbocycles. The van der Waals surface area contributed by atoms with E-state index in [0.29, 0.717) is 18.9 Å². The van der Waals surface area contributed by atoms with Crippen molar-refractivity contribution in [1.82, 2.24) is 15.5 Å². The highest BCUT2D eigenvalue weighted by molar-refractivity contribution is 5.37. The molecule has 0 saturated carbocycles. The van der Waals surface area contributed by atoms with Gasteiger partial charge in [0, 0.05) is 25.1 Å². The van der Waals surface area contributed by atoms with E-state index in [0.717, 1.165) is 5.56 Å². The molecular formula is C12H15N3O3. The predicted molar refractivity (Wildman–Crippen MR) is 64.2 cm³/mol. The minimum absolute atomic E-state index is 0.00548. The molecule has 1 aromatic heterocycles. The average Bonchev–Trinajstić information content (AvgIpc) is 2.80. The van der Waals surface area contributed by atoms with E-state index in [1.54, 1.807) is 12.1 Å². The fourth-order valence-electron chi connectivity index (χ4n) is 1.69. The highest BCUT2D eigenvalue weighted by Crippen LogP contribution is 2.24. The first-order chi connectivity index (χ1) is 8.65. The van der Waals surface area contributed by atoms with Gasteiger partial charge in [-0.1, -0.05) is 5.16 Å². The molecule has 3 N–H and O–H groups in total. The number of aromatic hydroxyl groups is 2. The Morgan fingerprint density at radius 1 is 1.28 bits per heavy atom. The summed E-state index contributed by atoms with van der Waals surface area (Å²) in [7, 11) is 0. The van der Waals surface area contributed by atoms with Crippen LogP contribution in [0.5, 0.6) is 11.5 Å². The third-order valence-corrected chi connectivity index (χ3v) is 2.62. The molecule has 1 heterocycles. The Morgan fingerprint density at radius 3 is 2.61 bits per heavy atom. The molecule has 96 valence electrons. The maximum absolute atomic E-state index is 9.40. The summed E-state index contributed by atoms with van der Waals surface area (Å²) in [6.07, 6.45) is 2.00. The molecule has 1 aromatic carbocycles. The van der Waals surface area contributed by atoms with Crippen molar-refractivity contribution in [2.24, 2.45) is 0 Å². The van der Waals surface area contributed by atoms with Gasteiger partial charge in [-0.25, -0.2) is 0 Å². The van der Waals surface area contributed by atoms with Gasteiger partial charge in [-0.2, -0.15) is 4.98 Å². The van der Waals surface area contributed by atoms with E-state index in [4.69, 9.17) is 4.52 Å². The van der Waals surface area contributed by atoms with Crippen LogP contribution < -0.4 is 5.32 Å². The summed E-state index contributed by atoms with van der Waals surface area (Å²) in [6.45, 7) is 2.61. The van der Waals surface area contributed by atoms with E-state index in [2.05, 4.69) is 15.5 Å². The highest BCUT2D eigenvalue weighted by atomic mass is 16.5. The van der Waals surface area contributed by atoms with Crippen LogP contribution in [0.1, 0.15) is 24.4 Å². The van der Waals surface area contributed by atoms with Crippen molar-refractivity contribution in [3.63, 3.8) is 0 Å². The Morgan fingerprint density at radius 2 is 2.00 bits per heavy atom. The van der Waals surface area contributed by atoms with E-state index in [1.165, 1.54) is 12.4 Å². The molecule has 0 aliphatic rings. The molecule has 1 atom stereocenters. The predicted octanol–water partition coefficient (Wildman–Crippen LogP) is 1.37. The Kier molecular flexibility index (Phi) is 3.78. The van der Waals surface area contributed by atoms with E-state index in [9.17, 15) is 10.2 Å². The third kappa shape index (κ3) is 3.21. The standard InChI is InChI=1S/C12H15N3O3/c1-8(9-4-10(16)6-11(17)5-9)13-3-2-12-14-7-15-18-12/h4-8,13,16-17H,2-3H2,1H3. The summed E-state index contributed by atoms with van der Waals surface area (Å²) < 4.78 is 4.88. The Balaban J connectivity index is 1.89. The van der Waals surface area contributed by atoms with Crippen LogP contribution in [-0.4, -0.2) is 26.9 Å². The smallest absolute Gasteiger partial charge is 0.227 e. The molecule has 1 unspecified atom stereocenters. The van der Waals surface area contributed by atoms with E-state index < -0.39 is 0 Å². The molecule has 0 spiro atoms. The van der Waals surface area contributed by atoms with Gasteiger partial charge in [0.1, 0.15) is 11.5 Å². The zero-order chi connectivity index (χ0) is 13.0.